The van der Waals surface area contributed by atoms with Gasteiger partial charge in [-0.2, -0.15) is 8.42 Å². The average Bonchev–Trinajstić information content (AvgIpc) is 2.69. The van der Waals surface area contributed by atoms with Crippen molar-refractivity contribution in [2.24, 2.45) is 0 Å². The zero-order valence-corrected chi connectivity index (χ0v) is 21.4. The van der Waals surface area contributed by atoms with Gasteiger partial charge in [-0.3, -0.25) is 4.72 Å². The summed E-state index contributed by atoms with van der Waals surface area (Å²) in [5, 5.41) is 0. The van der Waals surface area contributed by atoms with E-state index < -0.39 is 20.1 Å². The lowest BCUT2D eigenvalue weighted by Gasteiger charge is -2.16. The number of ether oxygens (including phenoxy) is 2. The number of aryl methyl sites for hydroxylation is 2. The highest BCUT2D eigenvalue weighted by Crippen LogP contribution is 2.32. The van der Waals surface area contributed by atoms with Crippen LogP contribution in [0.25, 0.3) is 0 Å². The van der Waals surface area contributed by atoms with E-state index in [1.165, 1.54) is 14.2 Å². The van der Waals surface area contributed by atoms with Crippen LogP contribution >= 0.6 is 0 Å². The Morgan fingerprint density at radius 1 is 0.939 bits per heavy atom. The highest BCUT2D eigenvalue weighted by molar-refractivity contribution is 7.92. The minimum atomic E-state index is -3.69. The smallest absolute Gasteiger partial charge is 0.306 e. The molecule has 0 amide bonds. The van der Waals surface area contributed by atoms with Crippen molar-refractivity contribution in [3.8, 4) is 17.2 Å². The Bertz CT molecular complexity index is 1230. The van der Waals surface area contributed by atoms with Crippen LogP contribution in [0.1, 0.15) is 30.5 Å². The van der Waals surface area contributed by atoms with E-state index in [0.717, 1.165) is 34.8 Å². The average molecular weight is 498 g/mol. The zero-order valence-electron chi connectivity index (χ0n) is 19.8. The maximum atomic E-state index is 11.7. The molecule has 2 aromatic carbocycles. The molecule has 0 fully saturated rings. The van der Waals surface area contributed by atoms with Crippen molar-refractivity contribution in [1.29, 1.82) is 0 Å². The number of sulfonamides is 1. The highest BCUT2D eigenvalue weighted by Gasteiger charge is 2.15. The fourth-order valence-electron chi connectivity index (χ4n) is 3.30. The van der Waals surface area contributed by atoms with E-state index in [4.69, 9.17) is 13.7 Å². The normalized spacial score (nSPS) is 11.6. The van der Waals surface area contributed by atoms with Crippen LogP contribution in [0, 0.1) is 0 Å². The van der Waals surface area contributed by atoms with Crippen molar-refractivity contribution in [3.63, 3.8) is 0 Å². The monoisotopic (exact) mass is 497 g/mol. The molecule has 0 saturated carbocycles. The van der Waals surface area contributed by atoms with Gasteiger partial charge in [-0.15, -0.1) is 0 Å². The third-order valence-electron chi connectivity index (χ3n) is 4.70. The molecule has 0 bridgehead atoms. The predicted octanol–water partition coefficient (Wildman–Crippen LogP) is 3.71. The van der Waals surface area contributed by atoms with Crippen LogP contribution in [0.15, 0.2) is 42.0 Å². The Hall–Kier alpha value is -2.72. The lowest BCUT2D eigenvalue weighted by molar-refractivity contribution is 0.406. The molecule has 182 valence electrons. The van der Waals surface area contributed by atoms with E-state index in [2.05, 4.69) is 10.8 Å². The summed E-state index contributed by atoms with van der Waals surface area (Å²) in [5.41, 5.74) is 4.27. The molecular formula is C23H31NO7S2. The molecule has 8 nitrogen and oxygen atoms in total. The van der Waals surface area contributed by atoms with Crippen molar-refractivity contribution in [2.75, 3.05) is 31.5 Å². The standard InChI is InChI=1S/C23H31NO7S2/c1-16(2)7-11-20-18(14-19(15-22(20)29-3)31-33(6,27)28)10-8-17-9-12-21(23(13-17)30-4)24-32(5,25)26/h7,9,12-15,24H,8,10-11H2,1-6H3. The fraction of sp³-hybridized carbons (Fsp3) is 0.391. The van der Waals surface area contributed by atoms with Crippen LogP contribution in [0.4, 0.5) is 5.69 Å². The van der Waals surface area contributed by atoms with Gasteiger partial charge in [0, 0.05) is 11.6 Å². The lowest BCUT2D eigenvalue weighted by atomic mass is 9.96. The third kappa shape index (κ3) is 8.62. The number of nitrogens with one attached hydrogen (secondary N) is 1. The van der Waals surface area contributed by atoms with Gasteiger partial charge in [-0.05, 0) is 62.4 Å². The summed E-state index contributed by atoms with van der Waals surface area (Å²) < 4.78 is 64.9. The Morgan fingerprint density at radius 3 is 2.15 bits per heavy atom. The molecule has 0 aromatic heterocycles. The van der Waals surface area contributed by atoms with E-state index in [0.29, 0.717) is 36.4 Å². The van der Waals surface area contributed by atoms with Crippen molar-refractivity contribution < 1.29 is 30.5 Å². The molecule has 0 atom stereocenters. The molecule has 1 N–H and O–H groups in total. The molecule has 0 unspecified atom stereocenters. The van der Waals surface area contributed by atoms with Crippen LogP contribution in [0.5, 0.6) is 17.2 Å². The van der Waals surface area contributed by atoms with Gasteiger partial charge in [0.15, 0.2) is 0 Å². The number of methoxy groups -OCH3 is 2. The number of anilines is 1. The SMILES string of the molecule is COc1cc(CCc2cc(OS(C)(=O)=O)cc(OC)c2CC=C(C)C)ccc1NS(C)(=O)=O. The number of rotatable bonds is 11. The second-order valence-corrected chi connectivity index (χ2v) is 11.3. The van der Waals surface area contributed by atoms with E-state index in [9.17, 15) is 16.8 Å². The zero-order chi connectivity index (χ0) is 24.8. The summed E-state index contributed by atoms with van der Waals surface area (Å²) >= 11 is 0. The lowest BCUT2D eigenvalue weighted by Crippen LogP contribution is -2.10. The maximum absolute atomic E-state index is 11.7. The van der Waals surface area contributed by atoms with Gasteiger partial charge in [0.25, 0.3) is 0 Å². The maximum Gasteiger partial charge on any atom is 0.306 e. The summed E-state index contributed by atoms with van der Waals surface area (Å²) in [6.45, 7) is 4.01. The molecule has 2 rings (SSSR count). The molecule has 0 heterocycles. The molecule has 0 aliphatic rings. The molecule has 0 spiro atoms. The minimum absolute atomic E-state index is 0.190. The molecule has 0 aliphatic carbocycles. The number of hydrogen-bond acceptors (Lipinski definition) is 7. The highest BCUT2D eigenvalue weighted by atomic mass is 32.2. The van der Waals surface area contributed by atoms with Crippen molar-refractivity contribution in [2.45, 2.75) is 33.1 Å². The number of hydrogen-bond donors (Lipinski definition) is 1. The van der Waals surface area contributed by atoms with Gasteiger partial charge in [-0.25, -0.2) is 8.42 Å². The fourth-order valence-corrected chi connectivity index (χ4v) is 4.31. The summed E-state index contributed by atoms with van der Waals surface area (Å²) in [5.74, 6) is 1.15. The van der Waals surface area contributed by atoms with Crippen LogP contribution < -0.4 is 18.4 Å². The largest absolute Gasteiger partial charge is 0.496 e. The van der Waals surface area contributed by atoms with Gasteiger partial charge >= 0.3 is 10.1 Å². The summed E-state index contributed by atoms with van der Waals surface area (Å²) in [6, 6.07) is 8.54. The molecule has 10 heteroatoms. The van der Waals surface area contributed by atoms with Gasteiger partial charge in [0.2, 0.25) is 10.0 Å². The van der Waals surface area contributed by atoms with Crippen LogP contribution in [-0.2, 0) is 39.4 Å². The summed E-state index contributed by atoms with van der Waals surface area (Å²) in [7, 11) is -4.12. The summed E-state index contributed by atoms with van der Waals surface area (Å²) in [6.07, 6.45) is 5.95. The van der Waals surface area contributed by atoms with Gasteiger partial charge < -0.3 is 13.7 Å². The van der Waals surface area contributed by atoms with E-state index in [1.54, 1.807) is 24.3 Å². The first kappa shape index (κ1) is 26.5. The minimum Gasteiger partial charge on any atom is -0.496 e. The van der Waals surface area contributed by atoms with E-state index in [1.807, 2.05) is 19.9 Å². The summed E-state index contributed by atoms with van der Waals surface area (Å²) in [4.78, 5) is 0. The quantitative estimate of drug-likeness (QED) is 0.372. The molecule has 0 radical (unpaired) electrons. The Kier molecular flexibility index (Phi) is 8.79. The van der Waals surface area contributed by atoms with Crippen LogP contribution in [-0.4, -0.2) is 43.6 Å². The third-order valence-corrected chi connectivity index (χ3v) is 5.79. The van der Waals surface area contributed by atoms with Crippen molar-refractivity contribution >= 4 is 25.8 Å². The van der Waals surface area contributed by atoms with E-state index in [-0.39, 0.29) is 5.75 Å². The van der Waals surface area contributed by atoms with Gasteiger partial charge in [0.1, 0.15) is 17.2 Å². The van der Waals surface area contributed by atoms with Crippen molar-refractivity contribution in [3.05, 3.63) is 58.7 Å². The van der Waals surface area contributed by atoms with Crippen molar-refractivity contribution in [1.82, 2.24) is 0 Å². The second kappa shape index (κ2) is 10.9. The first-order chi connectivity index (χ1) is 15.3. The number of benzene rings is 2. The molecule has 2 aromatic rings. The van der Waals surface area contributed by atoms with Gasteiger partial charge in [0.05, 0.1) is 32.4 Å². The first-order valence-electron chi connectivity index (χ1n) is 10.2. The van der Waals surface area contributed by atoms with Crippen LogP contribution in [0.3, 0.4) is 0 Å². The topological polar surface area (TPSA) is 108 Å². The Balaban J connectivity index is 2.41. The predicted molar refractivity (Wildman–Crippen MR) is 130 cm³/mol. The molecule has 0 aliphatic heterocycles. The Morgan fingerprint density at radius 2 is 1.61 bits per heavy atom. The van der Waals surface area contributed by atoms with E-state index >= 15 is 0 Å². The molecular weight excluding hydrogens is 466 g/mol. The van der Waals surface area contributed by atoms with Crippen LogP contribution in [0.2, 0.25) is 0 Å². The second-order valence-electron chi connectivity index (χ2n) is 7.95. The number of allylic oxidation sites excluding steroid dienone is 2. The molecule has 0 saturated heterocycles. The van der Waals surface area contributed by atoms with Gasteiger partial charge in [-0.1, -0.05) is 17.7 Å². The molecule has 33 heavy (non-hydrogen) atoms. The Labute approximate surface area is 196 Å². The first-order valence-corrected chi connectivity index (χ1v) is 13.9.